The van der Waals surface area contributed by atoms with Crippen LogP contribution in [-0.4, -0.2) is 71.4 Å². The number of hydrogen-bond donors (Lipinski definition) is 2. The Balaban J connectivity index is 1.10. The zero-order chi connectivity index (χ0) is 26.3. The smallest absolute Gasteiger partial charge is 0.241 e. The van der Waals surface area contributed by atoms with Gasteiger partial charge in [0, 0.05) is 66.4 Å². The fourth-order valence-corrected chi connectivity index (χ4v) is 7.05. The number of sulfone groups is 1. The third kappa shape index (κ3) is 4.69. The molecule has 2 fully saturated rings. The molecule has 9 nitrogen and oxygen atoms in total. The summed E-state index contributed by atoms with van der Waals surface area (Å²) in [4.78, 5) is 28.7. The van der Waals surface area contributed by atoms with Crippen LogP contribution in [0, 0.1) is 5.82 Å². The molecule has 2 saturated heterocycles. The highest BCUT2D eigenvalue weighted by atomic mass is 32.2. The molecule has 2 aliphatic rings. The van der Waals surface area contributed by atoms with Crippen LogP contribution in [0.1, 0.15) is 12.8 Å². The van der Waals surface area contributed by atoms with Gasteiger partial charge in [-0.05, 0) is 61.4 Å². The van der Waals surface area contributed by atoms with Crippen LogP contribution in [0.4, 0.5) is 21.7 Å². The number of halogens is 1. The minimum atomic E-state index is -3.30. The first kappa shape index (κ1) is 24.4. The van der Waals surface area contributed by atoms with Gasteiger partial charge in [-0.25, -0.2) is 22.8 Å². The Labute approximate surface area is 219 Å². The van der Waals surface area contributed by atoms with E-state index in [1.54, 1.807) is 23.2 Å². The van der Waals surface area contributed by atoms with Gasteiger partial charge in [0.05, 0.1) is 11.4 Å². The molecule has 0 unspecified atom stereocenters. The highest BCUT2D eigenvalue weighted by Crippen LogP contribution is 2.29. The highest BCUT2D eigenvalue weighted by Gasteiger charge is 2.40. The average molecular weight is 535 g/mol. The maximum absolute atomic E-state index is 13.8. The van der Waals surface area contributed by atoms with Crippen molar-refractivity contribution in [3.63, 3.8) is 0 Å². The second-order valence-corrected chi connectivity index (χ2v) is 11.9. The van der Waals surface area contributed by atoms with E-state index in [0.717, 1.165) is 27.8 Å². The van der Waals surface area contributed by atoms with Crippen LogP contribution in [0.5, 0.6) is 0 Å². The summed E-state index contributed by atoms with van der Waals surface area (Å²) in [6.07, 6.45) is 4.47. The maximum Gasteiger partial charge on any atom is 0.241 e. The largest absolute Gasteiger partial charge is 0.368 e. The first-order valence-corrected chi connectivity index (χ1v) is 14.3. The van der Waals surface area contributed by atoms with Gasteiger partial charge in [-0.1, -0.05) is 0 Å². The molecule has 2 aromatic carbocycles. The normalized spacial score (nSPS) is 19.1. The Hall–Kier alpha value is -3.99. The van der Waals surface area contributed by atoms with Gasteiger partial charge in [-0.3, -0.25) is 4.79 Å². The number of rotatable bonds is 5. The van der Waals surface area contributed by atoms with Crippen molar-refractivity contribution in [3.05, 3.63) is 66.7 Å². The summed E-state index contributed by atoms with van der Waals surface area (Å²) in [7, 11) is -3.30. The SMILES string of the molecule is O=C([C@@H]1CCCS1(=O)=O)N1CCN(c2ccc(Nc3nccc(-c4c[nH]c5ccc(F)cc45)n3)cc2)CC1. The lowest BCUT2D eigenvalue weighted by Crippen LogP contribution is -2.52. The highest BCUT2D eigenvalue weighted by molar-refractivity contribution is 7.93. The third-order valence-corrected chi connectivity index (χ3v) is 9.42. The molecule has 6 rings (SSSR count). The van der Waals surface area contributed by atoms with Crippen molar-refractivity contribution in [2.24, 2.45) is 0 Å². The first-order chi connectivity index (χ1) is 18.4. The minimum absolute atomic E-state index is 0.113. The predicted octanol–water partition coefficient (Wildman–Crippen LogP) is 3.73. The van der Waals surface area contributed by atoms with Gasteiger partial charge in [0.15, 0.2) is 9.84 Å². The molecule has 2 aromatic heterocycles. The minimum Gasteiger partial charge on any atom is -0.368 e. The fraction of sp³-hybridized carbons (Fsp3) is 0.296. The Morgan fingerprint density at radius 1 is 1.05 bits per heavy atom. The second kappa shape index (κ2) is 9.71. The summed E-state index contributed by atoms with van der Waals surface area (Å²) in [6, 6.07) is 14.3. The third-order valence-electron chi connectivity index (χ3n) is 7.26. The molecule has 0 saturated carbocycles. The number of fused-ring (bicyclic) bond motifs is 1. The van der Waals surface area contributed by atoms with E-state index in [0.29, 0.717) is 50.7 Å². The molecule has 1 amide bonds. The summed E-state index contributed by atoms with van der Waals surface area (Å²) in [5.74, 6) is -0.0143. The molecule has 196 valence electrons. The van der Waals surface area contributed by atoms with Crippen LogP contribution < -0.4 is 10.2 Å². The van der Waals surface area contributed by atoms with Gasteiger partial charge in [-0.2, -0.15) is 0 Å². The van der Waals surface area contributed by atoms with Crippen molar-refractivity contribution in [2.45, 2.75) is 18.1 Å². The van der Waals surface area contributed by atoms with Gasteiger partial charge in [0.25, 0.3) is 0 Å². The van der Waals surface area contributed by atoms with Crippen LogP contribution >= 0.6 is 0 Å². The lowest BCUT2D eigenvalue weighted by Gasteiger charge is -2.37. The number of benzene rings is 2. The molecule has 11 heteroatoms. The van der Waals surface area contributed by atoms with E-state index < -0.39 is 15.1 Å². The standard InChI is InChI=1S/C27H27FN6O3S/c28-18-3-8-23-21(16-18)22(17-30-23)24-9-10-29-27(32-24)31-19-4-6-20(7-5-19)33-11-13-34(14-12-33)26(35)25-2-1-15-38(25,36)37/h3-10,16-17,25,30H,1-2,11-15H2,(H,29,31,32)/t25-/m0/s1. The lowest BCUT2D eigenvalue weighted by molar-refractivity contribution is -0.131. The van der Waals surface area contributed by atoms with Gasteiger partial charge in [0.2, 0.25) is 11.9 Å². The van der Waals surface area contributed by atoms with Gasteiger partial charge in [-0.15, -0.1) is 0 Å². The number of H-pyrrole nitrogens is 1. The van der Waals surface area contributed by atoms with Crippen molar-refractivity contribution in [1.29, 1.82) is 0 Å². The van der Waals surface area contributed by atoms with Crippen molar-refractivity contribution in [3.8, 4) is 11.3 Å². The van der Waals surface area contributed by atoms with E-state index in [-0.39, 0.29) is 17.5 Å². The summed E-state index contributed by atoms with van der Waals surface area (Å²) < 4.78 is 38.1. The molecule has 2 N–H and O–H groups in total. The number of carbonyl (C=O) groups is 1. The number of aromatic amines is 1. The Morgan fingerprint density at radius 3 is 2.58 bits per heavy atom. The van der Waals surface area contributed by atoms with E-state index >= 15 is 0 Å². The fourth-order valence-electron chi connectivity index (χ4n) is 5.22. The van der Waals surface area contributed by atoms with Crippen LogP contribution in [0.2, 0.25) is 0 Å². The van der Waals surface area contributed by atoms with Gasteiger partial charge >= 0.3 is 0 Å². The summed E-state index contributed by atoms with van der Waals surface area (Å²) in [5.41, 5.74) is 4.14. The number of anilines is 3. The molecular weight excluding hydrogens is 507 g/mol. The number of hydrogen-bond acceptors (Lipinski definition) is 7. The molecular formula is C27H27FN6O3S. The van der Waals surface area contributed by atoms with Crippen molar-refractivity contribution >= 4 is 44.0 Å². The van der Waals surface area contributed by atoms with E-state index in [4.69, 9.17) is 0 Å². The molecule has 0 bridgehead atoms. The molecule has 0 spiro atoms. The molecule has 4 aromatic rings. The number of piperazine rings is 1. The molecule has 0 aliphatic carbocycles. The Morgan fingerprint density at radius 2 is 1.84 bits per heavy atom. The quantitative estimate of drug-likeness (QED) is 0.401. The topological polar surface area (TPSA) is 111 Å². The monoisotopic (exact) mass is 534 g/mol. The first-order valence-electron chi connectivity index (χ1n) is 12.6. The van der Waals surface area contributed by atoms with Crippen molar-refractivity contribution < 1.29 is 17.6 Å². The van der Waals surface area contributed by atoms with Crippen molar-refractivity contribution in [1.82, 2.24) is 19.9 Å². The zero-order valence-electron chi connectivity index (χ0n) is 20.6. The summed E-state index contributed by atoms with van der Waals surface area (Å²) in [6.45, 7) is 2.29. The van der Waals surface area contributed by atoms with Crippen LogP contribution in [-0.2, 0) is 14.6 Å². The van der Waals surface area contributed by atoms with Crippen molar-refractivity contribution in [2.75, 3.05) is 42.1 Å². The molecule has 1 atom stereocenters. The van der Waals surface area contributed by atoms with Crippen LogP contribution in [0.25, 0.3) is 22.2 Å². The predicted molar refractivity (Wildman–Crippen MR) is 145 cm³/mol. The van der Waals surface area contributed by atoms with Gasteiger partial charge in [0.1, 0.15) is 11.1 Å². The zero-order valence-corrected chi connectivity index (χ0v) is 21.4. The number of aromatic nitrogens is 3. The van der Waals surface area contributed by atoms with Gasteiger partial charge < -0.3 is 20.1 Å². The van der Waals surface area contributed by atoms with Crippen LogP contribution in [0.15, 0.2) is 60.9 Å². The average Bonchev–Trinajstić information content (AvgIpc) is 3.51. The number of nitrogens with zero attached hydrogens (tertiary/aromatic N) is 4. The number of nitrogens with one attached hydrogen (secondary N) is 2. The molecule has 2 aliphatic heterocycles. The number of carbonyl (C=O) groups excluding carboxylic acids is 1. The summed E-state index contributed by atoms with van der Waals surface area (Å²) >= 11 is 0. The summed E-state index contributed by atoms with van der Waals surface area (Å²) in [5, 5.41) is 3.11. The van der Waals surface area contributed by atoms with E-state index in [9.17, 15) is 17.6 Å². The van der Waals surface area contributed by atoms with E-state index in [1.165, 1.54) is 12.1 Å². The number of amides is 1. The lowest BCUT2D eigenvalue weighted by atomic mass is 10.1. The van der Waals surface area contributed by atoms with Crippen LogP contribution in [0.3, 0.4) is 0 Å². The van der Waals surface area contributed by atoms with E-state index in [2.05, 4.69) is 25.2 Å². The Bertz CT molecular complexity index is 1600. The maximum atomic E-state index is 13.8. The second-order valence-electron chi connectivity index (χ2n) is 9.64. The molecule has 4 heterocycles. The molecule has 38 heavy (non-hydrogen) atoms. The Kier molecular flexibility index (Phi) is 6.22. The molecule has 0 radical (unpaired) electrons. The van der Waals surface area contributed by atoms with E-state index in [1.807, 2.05) is 30.5 Å².